The van der Waals surface area contributed by atoms with E-state index in [1.165, 1.54) is 12.1 Å². The van der Waals surface area contributed by atoms with Crippen molar-refractivity contribution in [2.45, 2.75) is 12.5 Å². The molecule has 1 aromatic rings. The van der Waals surface area contributed by atoms with Crippen molar-refractivity contribution in [3.05, 3.63) is 23.8 Å². The van der Waals surface area contributed by atoms with Gasteiger partial charge in [0.15, 0.2) is 0 Å². The third-order valence-corrected chi connectivity index (χ3v) is 2.78. The minimum absolute atomic E-state index is 0.136. The first-order chi connectivity index (χ1) is 8.61. The number of anilines is 2. The Morgan fingerprint density at radius 1 is 1.44 bits per heavy atom. The number of ether oxygens (including phenoxy) is 1. The molecular weight excluding hydrogens is 236 g/mol. The van der Waals surface area contributed by atoms with E-state index in [1.807, 2.05) is 0 Å². The summed E-state index contributed by atoms with van der Waals surface area (Å²) in [4.78, 5) is 22.6. The van der Waals surface area contributed by atoms with E-state index >= 15 is 0 Å². The summed E-state index contributed by atoms with van der Waals surface area (Å²) in [5, 5.41) is 14.7. The van der Waals surface area contributed by atoms with Crippen molar-refractivity contribution < 1.29 is 19.4 Å². The van der Waals surface area contributed by atoms with Crippen LogP contribution in [0.25, 0.3) is 0 Å². The molecule has 1 heterocycles. The average Bonchev–Trinajstić information content (AvgIpc) is 2.35. The van der Waals surface area contributed by atoms with E-state index in [9.17, 15) is 9.59 Å². The summed E-state index contributed by atoms with van der Waals surface area (Å²) in [5.74, 6) is -1.13. The molecule has 1 aliphatic heterocycles. The lowest BCUT2D eigenvalue weighted by atomic mass is 10.1. The zero-order chi connectivity index (χ0) is 13.1. The highest BCUT2D eigenvalue weighted by Crippen LogP contribution is 2.28. The molecule has 0 saturated carbocycles. The summed E-state index contributed by atoms with van der Waals surface area (Å²) in [6.45, 7) is 0.457. The first kappa shape index (κ1) is 12.4. The van der Waals surface area contributed by atoms with E-state index < -0.39 is 12.0 Å². The number of amides is 1. The van der Waals surface area contributed by atoms with E-state index in [1.54, 1.807) is 13.2 Å². The van der Waals surface area contributed by atoms with Gasteiger partial charge in [-0.05, 0) is 24.6 Å². The van der Waals surface area contributed by atoms with Gasteiger partial charge < -0.3 is 20.5 Å². The molecule has 1 aliphatic rings. The number of carbonyl (C=O) groups excluding carboxylic acids is 1. The molecule has 0 radical (unpaired) electrons. The molecule has 0 aromatic heterocycles. The van der Waals surface area contributed by atoms with Crippen LogP contribution in [0.5, 0.6) is 0 Å². The number of fused-ring (bicyclic) bond motifs is 1. The Kier molecular flexibility index (Phi) is 3.47. The van der Waals surface area contributed by atoms with Gasteiger partial charge in [0.2, 0.25) is 5.91 Å². The molecule has 1 atom stereocenters. The van der Waals surface area contributed by atoms with E-state index in [0.29, 0.717) is 24.4 Å². The third kappa shape index (κ3) is 2.43. The van der Waals surface area contributed by atoms with Crippen molar-refractivity contribution in [1.82, 2.24) is 0 Å². The minimum atomic E-state index is -0.995. The van der Waals surface area contributed by atoms with Gasteiger partial charge in [-0.1, -0.05) is 0 Å². The molecular formula is C12H14N2O4. The van der Waals surface area contributed by atoms with Crippen LogP contribution in [-0.4, -0.2) is 36.7 Å². The van der Waals surface area contributed by atoms with E-state index in [4.69, 9.17) is 9.84 Å². The molecule has 0 aliphatic carbocycles. The Bertz CT molecular complexity index is 487. The van der Waals surface area contributed by atoms with Crippen LogP contribution in [0.15, 0.2) is 18.2 Å². The first-order valence-corrected chi connectivity index (χ1v) is 5.55. The van der Waals surface area contributed by atoms with Crippen molar-refractivity contribution >= 4 is 23.3 Å². The minimum Gasteiger partial charge on any atom is -0.478 e. The quantitative estimate of drug-likeness (QED) is 0.746. The van der Waals surface area contributed by atoms with Crippen LogP contribution < -0.4 is 10.6 Å². The second-order valence-corrected chi connectivity index (χ2v) is 4.03. The number of carboxylic acids is 1. The molecule has 1 unspecified atom stereocenters. The summed E-state index contributed by atoms with van der Waals surface area (Å²) in [7, 11) is 1.57. The summed E-state index contributed by atoms with van der Waals surface area (Å²) in [6, 6.07) is 4.15. The van der Waals surface area contributed by atoms with Crippen molar-refractivity contribution in [3.63, 3.8) is 0 Å². The molecule has 0 bridgehead atoms. The molecule has 3 N–H and O–H groups in total. The highest BCUT2D eigenvalue weighted by Gasteiger charge is 2.25. The molecule has 0 saturated heterocycles. The number of methoxy groups -OCH3 is 1. The normalized spacial score (nSPS) is 17.6. The molecule has 18 heavy (non-hydrogen) atoms. The van der Waals surface area contributed by atoms with Crippen LogP contribution in [-0.2, 0) is 9.53 Å². The Morgan fingerprint density at radius 3 is 2.89 bits per heavy atom. The van der Waals surface area contributed by atoms with Crippen LogP contribution in [0, 0.1) is 0 Å². The van der Waals surface area contributed by atoms with Crippen LogP contribution in [0.2, 0.25) is 0 Å². The number of hydrogen-bond acceptors (Lipinski definition) is 4. The molecule has 96 valence electrons. The Labute approximate surface area is 104 Å². The van der Waals surface area contributed by atoms with Gasteiger partial charge >= 0.3 is 5.97 Å². The summed E-state index contributed by atoms with van der Waals surface area (Å²) in [5.41, 5.74) is 1.40. The summed E-state index contributed by atoms with van der Waals surface area (Å²) < 4.78 is 4.93. The second kappa shape index (κ2) is 5.05. The molecule has 0 fully saturated rings. The fourth-order valence-corrected chi connectivity index (χ4v) is 1.82. The average molecular weight is 250 g/mol. The summed E-state index contributed by atoms with van der Waals surface area (Å²) in [6.07, 6.45) is 0.527. The van der Waals surface area contributed by atoms with Crippen LogP contribution in [0.3, 0.4) is 0 Å². The fourth-order valence-electron chi connectivity index (χ4n) is 1.82. The molecule has 6 nitrogen and oxygen atoms in total. The lowest BCUT2D eigenvalue weighted by molar-refractivity contribution is -0.117. The van der Waals surface area contributed by atoms with Crippen LogP contribution in [0.1, 0.15) is 16.8 Å². The van der Waals surface area contributed by atoms with Gasteiger partial charge in [0, 0.05) is 13.7 Å². The van der Waals surface area contributed by atoms with Gasteiger partial charge in [-0.2, -0.15) is 0 Å². The van der Waals surface area contributed by atoms with E-state index in [-0.39, 0.29) is 11.5 Å². The van der Waals surface area contributed by atoms with Gasteiger partial charge in [-0.25, -0.2) is 4.79 Å². The number of carbonyl (C=O) groups is 2. The van der Waals surface area contributed by atoms with Crippen LogP contribution in [0.4, 0.5) is 11.4 Å². The highest BCUT2D eigenvalue weighted by atomic mass is 16.5. The predicted molar refractivity (Wildman–Crippen MR) is 65.9 cm³/mol. The molecule has 1 amide bonds. The number of benzene rings is 1. The van der Waals surface area contributed by atoms with Gasteiger partial charge in [-0.15, -0.1) is 0 Å². The maximum Gasteiger partial charge on any atom is 0.335 e. The number of nitrogens with one attached hydrogen (secondary N) is 2. The monoisotopic (exact) mass is 250 g/mol. The molecule has 0 spiro atoms. The standard InChI is InChI=1S/C12H14N2O4/c1-18-5-4-9-11(15)14-8-3-2-7(12(16)17)6-10(8)13-9/h2-3,6,9,13H,4-5H2,1H3,(H,14,15)(H,16,17). The van der Waals surface area contributed by atoms with E-state index in [0.717, 1.165) is 0 Å². The maximum absolute atomic E-state index is 11.7. The Hall–Kier alpha value is -2.08. The number of rotatable bonds is 4. The second-order valence-electron chi connectivity index (χ2n) is 4.03. The maximum atomic E-state index is 11.7. The lowest BCUT2D eigenvalue weighted by Crippen LogP contribution is -2.39. The van der Waals surface area contributed by atoms with Gasteiger partial charge in [-0.3, -0.25) is 4.79 Å². The number of aromatic carboxylic acids is 1. The highest BCUT2D eigenvalue weighted by molar-refractivity contribution is 6.04. The number of carboxylic acid groups (broad SMARTS) is 1. The number of hydrogen-bond donors (Lipinski definition) is 3. The van der Waals surface area contributed by atoms with Crippen molar-refractivity contribution in [1.29, 1.82) is 0 Å². The van der Waals surface area contributed by atoms with Gasteiger partial charge in [0.25, 0.3) is 0 Å². The van der Waals surface area contributed by atoms with Crippen molar-refractivity contribution in [2.75, 3.05) is 24.4 Å². The zero-order valence-electron chi connectivity index (χ0n) is 9.90. The van der Waals surface area contributed by atoms with Gasteiger partial charge in [0.05, 0.1) is 16.9 Å². The van der Waals surface area contributed by atoms with Gasteiger partial charge in [0.1, 0.15) is 6.04 Å². The first-order valence-electron chi connectivity index (χ1n) is 5.55. The van der Waals surface area contributed by atoms with Crippen molar-refractivity contribution in [2.24, 2.45) is 0 Å². The lowest BCUT2D eigenvalue weighted by Gasteiger charge is -2.26. The zero-order valence-corrected chi connectivity index (χ0v) is 9.90. The molecule has 1 aromatic carbocycles. The smallest absolute Gasteiger partial charge is 0.335 e. The van der Waals surface area contributed by atoms with E-state index in [2.05, 4.69) is 10.6 Å². The van der Waals surface area contributed by atoms with Crippen molar-refractivity contribution in [3.8, 4) is 0 Å². The largest absolute Gasteiger partial charge is 0.478 e. The SMILES string of the molecule is COCCC1Nc2cc(C(=O)O)ccc2NC1=O. The van der Waals surface area contributed by atoms with Crippen LogP contribution >= 0.6 is 0 Å². The summed E-state index contributed by atoms with van der Waals surface area (Å²) >= 11 is 0. The Balaban J connectivity index is 2.21. The molecule has 6 heteroatoms. The Morgan fingerprint density at radius 2 is 2.22 bits per heavy atom. The fraction of sp³-hybridized carbons (Fsp3) is 0.333. The topological polar surface area (TPSA) is 87.7 Å². The predicted octanol–water partition coefficient (Wildman–Crippen LogP) is 1.15. The third-order valence-electron chi connectivity index (χ3n) is 2.78. The molecule has 2 rings (SSSR count).